The quantitative estimate of drug-likeness (QED) is 0.796. The Hall–Kier alpha value is -1.84. The van der Waals surface area contributed by atoms with Crippen LogP contribution in [0.25, 0.3) is 22.1 Å². The Morgan fingerprint density at radius 1 is 1.00 bits per heavy atom. The van der Waals surface area contributed by atoms with Gasteiger partial charge in [0.1, 0.15) is 0 Å². The minimum absolute atomic E-state index is 0. The van der Waals surface area contributed by atoms with E-state index < -0.39 is 0 Å². The molecule has 3 rings (SSSR count). The molecule has 0 unspecified atom stereocenters. The molecule has 2 aromatic carbocycles. The van der Waals surface area contributed by atoms with Gasteiger partial charge in [0.15, 0.2) is 5.58 Å². The first-order valence-corrected chi connectivity index (χ1v) is 6.02. The minimum atomic E-state index is 0. The fourth-order valence-corrected chi connectivity index (χ4v) is 2.12. The fraction of sp³-hybridized carbons (Fsp3) is 0.133. The molecule has 0 aliphatic heterocycles. The second kappa shape index (κ2) is 5.87. The molecule has 0 bridgehead atoms. The molecular weight excluding hydrogens is 260 g/mol. The van der Waals surface area contributed by atoms with Crippen LogP contribution in [0.4, 0.5) is 0 Å². The largest absolute Gasteiger partial charge is 0.356 e. The molecule has 4 heteroatoms. The van der Waals surface area contributed by atoms with Gasteiger partial charge in [-0.2, -0.15) is 0 Å². The van der Waals surface area contributed by atoms with Gasteiger partial charge in [-0.25, -0.2) is 0 Å². The van der Waals surface area contributed by atoms with Crippen LogP contribution in [0.5, 0.6) is 0 Å². The smallest absolute Gasteiger partial charge is 0.167 e. The number of nitrogens with zero attached hydrogens (tertiary/aromatic N) is 1. The third-order valence-electron chi connectivity index (χ3n) is 3.03. The number of hydrogen-bond donors (Lipinski definition) is 1. The third kappa shape index (κ3) is 2.62. The molecule has 0 radical (unpaired) electrons. The molecule has 1 aromatic heterocycles. The molecule has 0 aliphatic carbocycles. The summed E-state index contributed by atoms with van der Waals surface area (Å²) in [5, 5.41) is 5.12. The zero-order valence-corrected chi connectivity index (χ0v) is 11.2. The third-order valence-corrected chi connectivity index (χ3v) is 3.03. The van der Waals surface area contributed by atoms with Gasteiger partial charge in [0.25, 0.3) is 0 Å². The Morgan fingerprint density at radius 3 is 2.53 bits per heavy atom. The minimum Gasteiger partial charge on any atom is -0.356 e. The summed E-state index contributed by atoms with van der Waals surface area (Å²) in [4.78, 5) is 0. The first-order chi connectivity index (χ1) is 8.88. The molecule has 0 saturated carbocycles. The van der Waals surface area contributed by atoms with E-state index in [1.54, 1.807) is 0 Å². The molecule has 0 aliphatic rings. The van der Waals surface area contributed by atoms with Crippen LogP contribution in [0, 0.1) is 0 Å². The van der Waals surface area contributed by atoms with Crippen molar-refractivity contribution in [2.45, 2.75) is 6.42 Å². The molecule has 0 saturated heterocycles. The number of benzene rings is 2. The number of halogens is 1. The first kappa shape index (κ1) is 13.6. The van der Waals surface area contributed by atoms with Crippen LogP contribution < -0.4 is 5.73 Å². The average molecular weight is 275 g/mol. The number of rotatable bonds is 3. The molecule has 0 atom stereocenters. The summed E-state index contributed by atoms with van der Waals surface area (Å²) < 4.78 is 5.29. The molecule has 1 heterocycles. The maximum Gasteiger partial charge on any atom is 0.167 e. The summed E-state index contributed by atoms with van der Waals surface area (Å²) in [6.07, 6.45) is 0.741. The summed E-state index contributed by atoms with van der Waals surface area (Å²) in [6, 6.07) is 16.4. The van der Waals surface area contributed by atoms with Crippen molar-refractivity contribution >= 4 is 23.4 Å². The van der Waals surface area contributed by atoms with Gasteiger partial charge in [-0.3, -0.25) is 0 Å². The predicted octanol–water partition coefficient (Wildman–Crippen LogP) is 3.42. The molecule has 0 spiro atoms. The van der Waals surface area contributed by atoms with Crippen molar-refractivity contribution in [3.63, 3.8) is 0 Å². The van der Waals surface area contributed by atoms with Gasteiger partial charge in [-0.05, 0) is 29.8 Å². The number of hydrogen-bond acceptors (Lipinski definition) is 3. The van der Waals surface area contributed by atoms with Gasteiger partial charge in [0.05, 0.1) is 5.69 Å². The number of nitrogens with two attached hydrogens (primary N) is 1. The average Bonchev–Trinajstić information content (AvgIpc) is 2.83. The van der Waals surface area contributed by atoms with Crippen LogP contribution in [0.2, 0.25) is 0 Å². The highest BCUT2D eigenvalue weighted by Gasteiger charge is 2.08. The molecule has 0 amide bonds. The van der Waals surface area contributed by atoms with Crippen LogP contribution in [-0.2, 0) is 6.42 Å². The maximum atomic E-state index is 5.58. The topological polar surface area (TPSA) is 52.0 Å². The first-order valence-electron chi connectivity index (χ1n) is 6.02. The van der Waals surface area contributed by atoms with Crippen molar-refractivity contribution in [3.8, 4) is 11.1 Å². The van der Waals surface area contributed by atoms with Crippen LogP contribution >= 0.6 is 12.4 Å². The Kier molecular flexibility index (Phi) is 4.20. The molecule has 0 fully saturated rings. The van der Waals surface area contributed by atoms with E-state index in [9.17, 15) is 0 Å². The van der Waals surface area contributed by atoms with E-state index >= 15 is 0 Å². The second-order valence-electron chi connectivity index (χ2n) is 4.24. The van der Waals surface area contributed by atoms with Crippen LogP contribution in [0.3, 0.4) is 0 Å². The van der Waals surface area contributed by atoms with E-state index in [4.69, 9.17) is 10.3 Å². The van der Waals surface area contributed by atoms with Crippen LogP contribution in [-0.4, -0.2) is 11.7 Å². The lowest BCUT2D eigenvalue weighted by Crippen LogP contribution is -2.02. The Labute approximate surface area is 117 Å². The normalized spacial score (nSPS) is 10.4. The lowest BCUT2D eigenvalue weighted by molar-refractivity contribution is 0.446. The summed E-state index contributed by atoms with van der Waals surface area (Å²) in [6.45, 7) is 0.581. The molecule has 19 heavy (non-hydrogen) atoms. The predicted molar refractivity (Wildman–Crippen MR) is 79.5 cm³/mol. The summed E-state index contributed by atoms with van der Waals surface area (Å²) >= 11 is 0. The highest BCUT2D eigenvalue weighted by molar-refractivity contribution is 5.85. The zero-order valence-electron chi connectivity index (χ0n) is 10.4. The maximum absolute atomic E-state index is 5.58. The number of fused-ring (bicyclic) bond motifs is 1. The summed E-state index contributed by atoms with van der Waals surface area (Å²) in [5.74, 6) is 0. The Balaban J connectivity index is 0.00000133. The van der Waals surface area contributed by atoms with E-state index in [-0.39, 0.29) is 12.4 Å². The van der Waals surface area contributed by atoms with Gasteiger partial charge >= 0.3 is 0 Å². The van der Waals surface area contributed by atoms with Crippen molar-refractivity contribution in [2.24, 2.45) is 5.73 Å². The van der Waals surface area contributed by atoms with E-state index in [0.717, 1.165) is 23.1 Å². The van der Waals surface area contributed by atoms with Gasteiger partial charge in [-0.1, -0.05) is 41.6 Å². The standard InChI is InChI=1S/C15H14N2O.ClH/c16-9-8-14-13-10-12(6-7-15(13)18-17-14)11-4-2-1-3-5-11;/h1-7,10H,8-9,16H2;1H. The Morgan fingerprint density at radius 2 is 1.79 bits per heavy atom. The van der Waals surface area contributed by atoms with Crippen molar-refractivity contribution in [3.05, 3.63) is 54.2 Å². The molecule has 98 valence electrons. The second-order valence-corrected chi connectivity index (χ2v) is 4.24. The van der Waals surface area contributed by atoms with E-state index in [2.05, 4.69) is 29.4 Å². The molecule has 3 aromatic rings. The van der Waals surface area contributed by atoms with Crippen LogP contribution in [0.1, 0.15) is 5.69 Å². The molecular formula is C15H15ClN2O. The van der Waals surface area contributed by atoms with Gasteiger partial charge in [0.2, 0.25) is 0 Å². The SMILES string of the molecule is Cl.NCCc1noc2ccc(-c3ccccc3)cc12. The Bertz CT molecular complexity index is 664. The summed E-state index contributed by atoms with van der Waals surface area (Å²) in [5.41, 5.74) is 9.70. The van der Waals surface area contributed by atoms with E-state index in [1.165, 1.54) is 11.1 Å². The van der Waals surface area contributed by atoms with Gasteiger partial charge in [-0.15, -0.1) is 12.4 Å². The monoisotopic (exact) mass is 274 g/mol. The fourth-order valence-electron chi connectivity index (χ4n) is 2.12. The highest BCUT2D eigenvalue weighted by atomic mass is 35.5. The van der Waals surface area contributed by atoms with Gasteiger partial charge < -0.3 is 10.3 Å². The molecule has 2 N–H and O–H groups in total. The van der Waals surface area contributed by atoms with Crippen molar-refractivity contribution < 1.29 is 4.52 Å². The zero-order chi connectivity index (χ0) is 12.4. The van der Waals surface area contributed by atoms with E-state index in [1.807, 2.05) is 24.3 Å². The van der Waals surface area contributed by atoms with Crippen molar-refractivity contribution in [1.82, 2.24) is 5.16 Å². The van der Waals surface area contributed by atoms with Crippen LogP contribution in [0.15, 0.2) is 53.1 Å². The van der Waals surface area contributed by atoms with E-state index in [0.29, 0.717) is 6.54 Å². The van der Waals surface area contributed by atoms with Crippen molar-refractivity contribution in [2.75, 3.05) is 6.54 Å². The van der Waals surface area contributed by atoms with Gasteiger partial charge in [0, 0.05) is 11.8 Å². The highest BCUT2D eigenvalue weighted by Crippen LogP contribution is 2.26. The number of aromatic nitrogens is 1. The summed E-state index contributed by atoms with van der Waals surface area (Å²) in [7, 11) is 0. The van der Waals surface area contributed by atoms with Crippen molar-refractivity contribution in [1.29, 1.82) is 0 Å². The lowest BCUT2D eigenvalue weighted by Gasteiger charge is -2.01. The lowest BCUT2D eigenvalue weighted by atomic mass is 10.0. The molecule has 3 nitrogen and oxygen atoms in total.